The number of ether oxygens (including phenoxy) is 1. The Morgan fingerprint density at radius 3 is 2.95 bits per heavy atom. The van der Waals surface area contributed by atoms with Crippen LogP contribution in [0.25, 0.3) is 0 Å². The molecule has 19 heavy (non-hydrogen) atoms. The lowest BCUT2D eigenvalue weighted by atomic mass is 10.3. The van der Waals surface area contributed by atoms with E-state index in [4.69, 9.17) is 4.74 Å². The van der Waals surface area contributed by atoms with E-state index in [0.717, 1.165) is 29.6 Å². The number of rotatable bonds is 6. The molecule has 4 nitrogen and oxygen atoms in total. The molecule has 100 valence electrons. The van der Waals surface area contributed by atoms with E-state index in [1.807, 2.05) is 55.0 Å². The number of benzene rings is 1. The molecule has 0 fully saturated rings. The van der Waals surface area contributed by atoms with Crippen LogP contribution < -0.4 is 10.1 Å². The number of aromatic nitrogens is 2. The van der Waals surface area contributed by atoms with Crippen LogP contribution in [0, 0.1) is 6.92 Å². The van der Waals surface area contributed by atoms with Crippen molar-refractivity contribution in [2.24, 2.45) is 0 Å². The number of allylic oxidation sites excluding steroid dienone is 1. The Kier molecular flexibility index (Phi) is 4.23. The number of imidazole rings is 1. The standard InChI is InChI=1S/C15H19N3O/c1-4-10-18-11-12(3)16-15(18)17-13-8-6-7-9-14(13)19-5-2/h4,6-9,11H,1,5,10H2,2-3H3,(H,16,17). The summed E-state index contributed by atoms with van der Waals surface area (Å²) in [6.45, 7) is 9.06. The molecule has 0 aliphatic heterocycles. The zero-order chi connectivity index (χ0) is 13.7. The van der Waals surface area contributed by atoms with Gasteiger partial charge in [-0.1, -0.05) is 18.2 Å². The quantitative estimate of drug-likeness (QED) is 0.805. The summed E-state index contributed by atoms with van der Waals surface area (Å²) in [6, 6.07) is 7.85. The van der Waals surface area contributed by atoms with E-state index < -0.39 is 0 Å². The highest BCUT2D eigenvalue weighted by molar-refractivity contribution is 5.62. The van der Waals surface area contributed by atoms with Crippen molar-refractivity contribution in [3.63, 3.8) is 0 Å². The van der Waals surface area contributed by atoms with Gasteiger partial charge in [-0.25, -0.2) is 4.98 Å². The Labute approximate surface area is 113 Å². The third-order valence-corrected chi connectivity index (χ3v) is 2.66. The molecule has 0 aliphatic rings. The lowest BCUT2D eigenvalue weighted by Crippen LogP contribution is -2.03. The average molecular weight is 257 g/mol. The first-order chi connectivity index (χ1) is 9.24. The second-order valence-corrected chi connectivity index (χ2v) is 4.20. The maximum atomic E-state index is 5.60. The van der Waals surface area contributed by atoms with Gasteiger partial charge in [-0.15, -0.1) is 6.58 Å². The minimum atomic E-state index is 0.638. The fourth-order valence-corrected chi connectivity index (χ4v) is 1.90. The largest absolute Gasteiger partial charge is 0.492 e. The monoisotopic (exact) mass is 257 g/mol. The van der Waals surface area contributed by atoms with Crippen molar-refractivity contribution in [3.8, 4) is 5.75 Å². The van der Waals surface area contributed by atoms with Gasteiger partial charge in [0, 0.05) is 12.7 Å². The minimum Gasteiger partial charge on any atom is -0.492 e. The molecule has 0 bridgehead atoms. The van der Waals surface area contributed by atoms with Crippen molar-refractivity contribution in [1.29, 1.82) is 0 Å². The van der Waals surface area contributed by atoms with Gasteiger partial charge in [0.15, 0.2) is 0 Å². The number of aryl methyl sites for hydroxylation is 1. The number of para-hydroxylation sites is 2. The fourth-order valence-electron chi connectivity index (χ4n) is 1.90. The zero-order valence-corrected chi connectivity index (χ0v) is 11.4. The summed E-state index contributed by atoms with van der Waals surface area (Å²) in [5.41, 5.74) is 1.89. The SMILES string of the molecule is C=CCn1cc(C)nc1Nc1ccccc1OCC. The highest BCUT2D eigenvalue weighted by Gasteiger charge is 2.08. The molecular formula is C15H19N3O. The lowest BCUT2D eigenvalue weighted by Gasteiger charge is -2.12. The zero-order valence-electron chi connectivity index (χ0n) is 11.4. The van der Waals surface area contributed by atoms with Crippen LogP contribution in [-0.4, -0.2) is 16.2 Å². The fraction of sp³-hybridized carbons (Fsp3) is 0.267. The lowest BCUT2D eigenvalue weighted by molar-refractivity contribution is 0.342. The van der Waals surface area contributed by atoms with Crippen LogP contribution in [-0.2, 0) is 6.54 Å². The van der Waals surface area contributed by atoms with Gasteiger partial charge < -0.3 is 14.6 Å². The molecule has 4 heteroatoms. The summed E-state index contributed by atoms with van der Waals surface area (Å²) in [6.07, 6.45) is 3.84. The van der Waals surface area contributed by atoms with Gasteiger partial charge in [0.05, 0.1) is 18.0 Å². The number of nitrogens with zero attached hydrogens (tertiary/aromatic N) is 2. The third kappa shape index (κ3) is 3.16. The summed E-state index contributed by atoms with van der Waals surface area (Å²) in [5.74, 6) is 1.63. The molecule has 0 amide bonds. The number of anilines is 2. The van der Waals surface area contributed by atoms with E-state index in [2.05, 4.69) is 16.9 Å². The Balaban J connectivity index is 2.27. The van der Waals surface area contributed by atoms with E-state index in [1.54, 1.807) is 0 Å². The van der Waals surface area contributed by atoms with Crippen molar-refractivity contribution in [3.05, 3.63) is 48.8 Å². The Hall–Kier alpha value is -2.23. The molecule has 0 unspecified atom stereocenters. The maximum Gasteiger partial charge on any atom is 0.207 e. The molecule has 1 aromatic heterocycles. The Bertz CT molecular complexity index is 560. The van der Waals surface area contributed by atoms with Crippen LogP contribution in [0.5, 0.6) is 5.75 Å². The molecule has 0 radical (unpaired) electrons. The predicted octanol–water partition coefficient (Wildman–Crippen LogP) is 3.52. The first-order valence-electron chi connectivity index (χ1n) is 6.38. The van der Waals surface area contributed by atoms with Crippen molar-refractivity contribution in [2.45, 2.75) is 20.4 Å². The minimum absolute atomic E-state index is 0.638. The molecule has 1 heterocycles. The summed E-state index contributed by atoms with van der Waals surface area (Å²) in [4.78, 5) is 4.47. The van der Waals surface area contributed by atoms with E-state index in [9.17, 15) is 0 Å². The highest BCUT2D eigenvalue weighted by Crippen LogP contribution is 2.27. The van der Waals surface area contributed by atoms with E-state index in [-0.39, 0.29) is 0 Å². The van der Waals surface area contributed by atoms with Crippen LogP contribution in [0.15, 0.2) is 43.1 Å². The van der Waals surface area contributed by atoms with Gasteiger partial charge in [-0.3, -0.25) is 0 Å². The summed E-state index contributed by atoms with van der Waals surface area (Å²) >= 11 is 0. The van der Waals surface area contributed by atoms with Crippen LogP contribution >= 0.6 is 0 Å². The molecule has 0 saturated heterocycles. The molecule has 1 aromatic carbocycles. The molecule has 0 saturated carbocycles. The van der Waals surface area contributed by atoms with E-state index in [0.29, 0.717) is 6.61 Å². The van der Waals surface area contributed by atoms with Crippen LogP contribution in [0.2, 0.25) is 0 Å². The summed E-state index contributed by atoms with van der Waals surface area (Å²) < 4.78 is 7.62. The van der Waals surface area contributed by atoms with E-state index in [1.165, 1.54) is 0 Å². The van der Waals surface area contributed by atoms with Crippen molar-refractivity contribution in [1.82, 2.24) is 9.55 Å². The summed E-state index contributed by atoms with van der Waals surface area (Å²) in [5, 5.41) is 3.31. The van der Waals surface area contributed by atoms with Gasteiger partial charge >= 0.3 is 0 Å². The second-order valence-electron chi connectivity index (χ2n) is 4.20. The van der Waals surface area contributed by atoms with Crippen molar-refractivity contribution in [2.75, 3.05) is 11.9 Å². The average Bonchev–Trinajstić information content (AvgIpc) is 2.73. The predicted molar refractivity (Wildman–Crippen MR) is 78.1 cm³/mol. The first kappa shape index (κ1) is 13.2. The van der Waals surface area contributed by atoms with Gasteiger partial charge in [-0.2, -0.15) is 0 Å². The third-order valence-electron chi connectivity index (χ3n) is 2.66. The smallest absolute Gasteiger partial charge is 0.207 e. The van der Waals surface area contributed by atoms with E-state index >= 15 is 0 Å². The van der Waals surface area contributed by atoms with Crippen LogP contribution in [0.3, 0.4) is 0 Å². The van der Waals surface area contributed by atoms with Gasteiger partial charge in [0.2, 0.25) is 5.95 Å². The second kappa shape index (κ2) is 6.09. The number of hydrogen-bond donors (Lipinski definition) is 1. The number of hydrogen-bond acceptors (Lipinski definition) is 3. The van der Waals surface area contributed by atoms with Crippen molar-refractivity contribution >= 4 is 11.6 Å². The normalized spacial score (nSPS) is 10.2. The molecule has 2 rings (SSSR count). The van der Waals surface area contributed by atoms with Crippen LogP contribution in [0.1, 0.15) is 12.6 Å². The maximum absolute atomic E-state index is 5.60. The van der Waals surface area contributed by atoms with Gasteiger partial charge in [-0.05, 0) is 26.0 Å². The molecule has 0 aliphatic carbocycles. The first-order valence-corrected chi connectivity index (χ1v) is 6.38. The molecule has 0 spiro atoms. The van der Waals surface area contributed by atoms with Gasteiger partial charge in [0.25, 0.3) is 0 Å². The highest BCUT2D eigenvalue weighted by atomic mass is 16.5. The summed E-state index contributed by atoms with van der Waals surface area (Å²) in [7, 11) is 0. The molecule has 0 atom stereocenters. The van der Waals surface area contributed by atoms with Crippen LogP contribution in [0.4, 0.5) is 11.6 Å². The van der Waals surface area contributed by atoms with Crippen molar-refractivity contribution < 1.29 is 4.74 Å². The number of nitrogens with one attached hydrogen (secondary N) is 1. The van der Waals surface area contributed by atoms with Gasteiger partial charge in [0.1, 0.15) is 5.75 Å². The molecular weight excluding hydrogens is 238 g/mol. The Morgan fingerprint density at radius 1 is 1.42 bits per heavy atom. The molecule has 2 aromatic rings. The topological polar surface area (TPSA) is 39.1 Å². The molecule has 1 N–H and O–H groups in total. The Morgan fingerprint density at radius 2 is 2.21 bits per heavy atom.